The summed E-state index contributed by atoms with van der Waals surface area (Å²) < 4.78 is 10.7. The molecule has 0 aliphatic heterocycles. The SMILES string of the molecule is C=Cc1nc(N(C)Cc2ccc(OC)cc2OC)c2[nH]cnc2n1. The predicted molar refractivity (Wildman–Crippen MR) is 93.4 cm³/mol. The van der Waals surface area contributed by atoms with Gasteiger partial charge in [-0.1, -0.05) is 6.58 Å². The number of hydrogen-bond donors (Lipinski definition) is 1. The summed E-state index contributed by atoms with van der Waals surface area (Å²) in [5.74, 6) is 2.81. The molecule has 0 radical (unpaired) electrons. The number of benzene rings is 1. The minimum absolute atomic E-state index is 0.540. The number of methoxy groups -OCH3 is 2. The number of aromatic amines is 1. The van der Waals surface area contributed by atoms with Crippen LogP contribution in [0.3, 0.4) is 0 Å². The molecule has 7 heteroatoms. The predicted octanol–water partition coefficient (Wildman–Crippen LogP) is 2.65. The van der Waals surface area contributed by atoms with Crippen LogP contribution in [-0.4, -0.2) is 41.2 Å². The number of imidazole rings is 1. The van der Waals surface area contributed by atoms with E-state index in [-0.39, 0.29) is 0 Å². The van der Waals surface area contributed by atoms with Crippen molar-refractivity contribution in [2.45, 2.75) is 6.54 Å². The summed E-state index contributed by atoms with van der Waals surface area (Å²) in [5.41, 5.74) is 2.42. The molecule has 2 heterocycles. The number of nitrogens with one attached hydrogen (secondary N) is 1. The van der Waals surface area contributed by atoms with Gasteiger partial charge in [-0.2, -0.15) is 0 Å². The monoisotopic (exact) mass is 325 g/mol. The van der Waals surface area contributed by atoms with Gasteiger partial charge in [0, 0.05) is 25.2 Å². The summed E-state index contributed by atoms with van der Waals surface area (Å²) in [6.07, 6.45) is 3.22. The van der Waals surface area contributed by atoms with Gasteiger partial charge in [-0.3, -0.25) is 0 Å². The Morgan fingerprint density at radius 2 is 2.08 bits per heavy atom. The molecule has 0 aliphatic carbocycles. The van der Waals surface area contributed by atoms with Crippen molar-refractivity contribution in [3.05, 3.63) is 42.5 Å². The van der Waals surface area contributed by atoms with E-state index in [1.54, 1.807) is 26.6 Å². The molecular weight excluding hydrogens is 306 g/mol. The maximum atomic E-state index is 5.47. The van der Waals surface area contributed by atoms with E-state index in [0.717, 1.165) is 28.4 Å². The van der Waals surface area contributed by atoms with Gasteiger partial charge < -0.3 is 19.4 Å². The van der Waals surface area contributed by atoms with Crippen LogP contribution in [0.4, 0.5) is 5.82 Å². The number of hydrogen-bond acceptors (Lipinski definition) is 6. The number of ether oxygens (including phenoxy) is 2. The number of fused-ring (bicyclic) bond motifs is 1. The van der Waals surface area contributed by atoms with Crippen LogP contribution in [0.1, 0.15) is 11.4 Å². The van der Waals surface area contributed by atoms with Crippen LogP contribution in [-0.2, 0) is 6.54 Å². The number of aromatic nitrogens is 4. The lowest BCUT2D eigenvalue weighted by Gasteiger charge is -2.20. The Morgan fingerprint density at radius 3 is 2.79 bits per heavy atom. The summed E-state index contributed by atoms with van der Waals surface area (Å²) in [7, 11) is 5.23. The summed E-state index contributed by atoms with van der Waals surface area (Å²) >= 11 is 0. The average Bonchev–Trinajstić information content (AvgIpc) is 3.09. The Hall–Kier alpha value is -3.09. The van der Waals surface area contributed by atoms with E-state index in [1.807, 2.05) is 30.1 Å². The van der Waals surface area contributed by atoms with Crippen molar-refractivity contribution in [3.8, 4) is 11.5 Å². The highest BCUT2D eigenvalue weighted by Crippen LogP contribution is 2.28. The molecule has 0 spiro atoms. The first kappa shape index (κ1) is 15.8. The lowest BCUT2D eigenvalue weighted by atomic mass is 10.1. The van der Waals surface area contributed by atoms with Crippen molar-refractivity contribution < 1.29 is 9.47 Å². The van der Waals surface area contributed by atoms with Gasteiger partial charge in [-0.15, -0.1) is 0 Å². The summed E-state index contributed by atoms with van der Waals surface area (Å²) in [6.45, 7) is 4.34. The van der Waals surface area contributed by atoms with E-state index in [0.29, 0.717) is 18.0 Å². The van der Waals surface area contributed by atoms with Gasteiger partial charge in [0.15, 0.2) is 17.3 Å². The first-order valence-corrected chi connectivity index (χ1v) is 7.42. The van der Waals surface area contributed by atoms with Crippen LogP contribution in [0.25, 0.3) is 17.2 Å². The zero-order valence-corrected chi connectivity index (χ0v) is 13.9. The molecule has 24 heavy (non-hydrogen) atoms. The summed E-state index contributed by atoms with van der Waals surface area (Å²) in [6, 6.07) is 5.75. The molecule has 0 bridgehead atoms. The molecule has 3 rings (SSSR count). The van der Waals surface area contributed by atoms with Crippen molar-refractivity contribution in [2.75, 3.05) is 26.2 Å². The Kier molecular flexibility index (Phi) is 4.33. The van der Waals surface area contributed by atoms with Gasteiger partial charge in [0.25, 0.3) is 0 Å². The zero-order valence-electron chi connectivity index (χ0n) is 13.9. The molecule has 0 amide bonds. The largest absolute Gasteiger partial charge is 0.497 e. The molecule has 0 aliphatic rings. The van der Waals surface area contributed by atoms with E-state index in [1.165, 1.54) is 0 Å². The van der Waals surface area contributed by atoms with Crippen molar-refractivity contribution in [2.24, 2.45) is 0 Å². The molecule has 3 aromatic rings. The van der Waals surface area contributed by atoms with Gasteiger partial charge in [0.05, 0.1) is 20.5 Å². The summed E-state index contributed by atoms with van der Waals surface area (Å²) in [4.78, 5) is 18.2. The highest BCUT2D eigenvalue weighted by molar-refractivity contribution is 5.83. The van der Waals surface area contributed by atoms with Gasteiger partial charge in [-0.05, 0) is 18.2 Å². The zero-order chi connectivity index (χ0) is 17.1. The molecule has 0 saturated heterocycles. The fraction of sp³-hybridized carbons (Fsp3) is 0.235. The van der Waals surface area contributed by atoms with Crippen molar-refractivity contribution in [1.82, 2.24) is 19.9 Å². The molecule has 1 N–H and O–H groups in total. The van der Waals surface area contributed by atoms with Gasteiger partial charge in [0.1, 0.15) is 17.0 Å². The fourth-order valence-electron chi connectivity index (χ4n) is 2.51. The Labute approximate surface area is 140 Å². The second-order valence-corrected chi connectivity index (χ2v) is 5.24. The maximum Gasteiger partial charge on any atom is 0.183 e. The molecule has 0 atom stereocenters. The number of anilines is 1. The maximum absolute atomic E-state index is 5.47. The molecule has 1 aromatic carbocycles. The van der Waals surface area contributed by atoms with Crippen LogP contribution in [0.15, 0.2) is 31.1 Å². The Morgan fingerprint density at radius 1 is 1.25 bits per heavy atom. The first-order chi connectivity index (χ1) is 11.7. The highest BCUT2D eigenvalue weighted by Gasteiger charge is 2.15. The van der Waals surface area contributed by atoms with Gasteiger partial charge in [-0.25, -0.2) is 15.0 Å². The lowest BCUT2D eigenvalue weighted by Crippen LogP contribution is -2.19. The van der Waals surface area contributed by atoms with Crippen molar-refractivity contribution >= 4 is 23.1 Å². The quantitative estimate of drug-likeness (QED) is 0.751. The highest BCUT2D eigenvalue weighted by atomic mass is 16.5. The minimum Gasteiger partial charge on any atom is -0.497 e. The summed E-state index contributed by atoms with van der Waals surface area (Å²) in [5, 5.41) is 0. The topological polar surface area (TPSA) is 76.2 Å². The van der Waals surface area contributed by atoms with Crippen molar-refractivity contribution in [3.63, 3.8) is 0 Å². The third-order valence-corrected chi connectivity index (χ3v) is 3.73. The second-order valence-electron chi connectivity index (χ2n) is 5.24. The van der Waals surface area contributed by atoms with Crippen LogP contribution >= 0.6 is 0 Å². The van der Waals surface area contributed by atoms with E-state index in [9.17, 15) is 0 Å². The second kappa shape index (κ2) is 6.57. The van der Waals surface area contributed by atoms with Crippen LogP contribution in [0, 0.1) is 0 Å². The molecule has 0 fully saturated rings. The Balaban J connectivity index is 1.97. The van der Waals surface area contributed by atoms with E-state index < -0.39 is 0 Å². The minimum atomic E-state index is 0.540. The normalized spacial score (nSPS) is 10.6. The van der Waals surface area contributed by atoms with E-state index in [4.69, 9.17) is 9.47 Å². The van der Waals surface area contributed by atoms with Crippen LogP contribution in [0.2, 0.25) is 0 Å². The molecule has 0 saturated carbocycles. The van der Waals surface area contributed by atoms with E-state index >= 15 is 0 Å². The number of nitrogens with zero attached hydrogens (tertiary/aromatic N) is 4. The molecular formula is C17H19N5O2. The van der Waals surface area contributed by atoms with Crippen LogP contribution < -0.4 is 14.4 Å². The molecule has 0 unspecified atom stereocenters. The smallest absolute Gasteiger partial charge is 0.183 e. The van der Waals surface area contributed by atoms with E-state index in [2.05, 4.69) is 26.5 Å². The van der Waals surface area contributed by atoms with Gasteiger partial charge >= 0.3 is 0 Å². The molecule has 7 nitrogen and oxygen atoms in total. The number of rotatable bonds is 6. The standard InChI is InChI=1S/C17H19N5O2/c1-5-14-20-16-15(18-10-19-16)17(21-14)22(2)9-11-6-7-12(23-3)8-13(11)24-4/h5-8,10H,1,9H2,2-4H3,(H,18,19,20,21). The van der Waals surface area contributed by atoms with Gasteiger partial charge in [0.2, 0.25) is 0 Å². The third-order valence-electron chi connectivity index (χ3n) is 3.73. The van der Waals surface area contributed by atoms with Crippen molar-refractivity contribution in [1.29, 1.82) is 0 Å². The molecule has 2 aromatic heterocycles. The molecule has 124 valence electrons. The van der Waals surface area contributed by atoms with Crippen LogP contribution in [0.5, 0.6) is 11.5 Å². The average molecular weight is 325 g/mol. The first-order valence-electron chi connectivity index (χ1n) is 7.42. The fourth-order valence-corrected chi connectivity index (χ4v) is 2.51. The third kappa shape index (κ3) is 2.88. The lowest BCUT2D eigenvalue weighted by molar-refractivity contribution is 0.391. The Bertz CT molecular complexity index is 875. The number of H-pyrrole nitrogens is 1.